The van der Waals surface area contributed by atoms with E-state index in [1.54, 1.807) is 0 Å². The third-order valence-electron chi connectivity index (χ3n) is 11.8. The number of aryl methyl sites for hydroxylation is 9. The van der Waals surface area contributed by atoms with Crippen molar-refractivity contribution in [3.63, 3.8) is 0 Å². The van der Waals surface area contributed by atoms with Gasteiger partial charge in [0.15, 0.2) is 0 Å². The predicted molar refractivity (Wildman–Crippen MR) is 257 cm³/mol. The average Bonchev–Trinajstić information content (AvgIpc) is 3.17. The normalized spacial score (nSPS) is 11.4. The van der Waals surface area contributed by atoms with Crippen LogP contribution in [0, 0.1) is 68.2 Å². The maximum Gasteiger partial charge on any atom is 0.0638 e. The largest absolute Gasteiger partial charge is 0.354 e. The predicted octanol–water partition coefficient (Wildman–Crippen LogP) is 15.5. The zero-order chi connectivity index (χ0) is 42.3. The first-order valence-corrected chi connectivity index (χ1v) is 21.3. The van der Waals surface area contributed by atoms with Crippen molar-refractivity contribution in [2.45, 2.75) is 102 Å². The Balaban J connectivity index is 1.37. The van der Waals surface area contributed by atoms with Gasteiger partial charge in [0.2, 0.25) is 0 Å². The van der Waals surface area contributed by atoms with Crippen LogP contribution in [0.1, 0.15) is 94.5 Å². The van der Waals surface area contributed by atoms with E-state index >= 15 is 0 Å². The summed E-state index contributed by atoms with van der Waals surface area (Å²) in [5.41, 5.74) is 22.4. The average molecular weight is 777 g/mol. The summed E-state index contributed by atoms with van der Waals surface area (Å²) < 4.78 is 0. The van der Waals surface area contributed by atoms with Crippen LogP contribution < -0.4 is 15.1 Å². The van der Waals surface area contributed by atoms with Gasteiger partial charge in [0.25, 0.3) is 0 Å². The second-order valence-electron chi connectivity index (χ2n) is 17.5. The summed E-state index contributed by atoms with van der Waals surface area (Å²) in [6, 6.07) is 46.3. The number of fused-ring (bicyclic) bond motifs is 1. The fourth-order valence-electron chi connectivity index (χ4n) is 9.67. The molecule has 7 rings (SSSR count). The molecular formula is C56H62N3+. The van der Waals surface area contributed by atoms with Crippen molar-refractivity contribution in [3.05, 3.63) is 194 Å². The first-order valence-electron chi connectivity index (χ1n) is 21.3. The number of hydrogen-bond donors (Lipinski definition) is 1. The highest BCUT2D eigenvalue weighted by atomic mass is 15.2. The van der Waals surface area contributed by atoms with E-state index in [1.165, 1.54) is 112 Å². The number of benzene rings is 7. The molecule has 0 aliphatic rings. The van der Waals surface area contributed by atoms with E-state index in [-0.39, 0.29) is 12.1 Å². The van der Waals surface area contributed by atoms with Gasteiger partial charge in [0.1, 0.15) is 0 Å². The summed E-state index contributed by atoms with van der Waals surface area (Å²) in [4.78, 5) is 4.98. The Hall–Kier alpha value is -5.93. The van der Waals surface area contributed by atoms with Gasteiger partial charge >= 0.3 is 0 Å². The van der Waals surface area contributed by atoms with Gasteiger partial charge < -0.3 is 15.1 Å². The molecule has 0 unspecified atom stereocenters. The van der Waals surface area contributed by atoms with Crippen LogP contribution in [0.25, 0.3) is 10.8 Å². The van der Waals surface area contributed by atoms with Crippen LogP contribution in [-0.2, 0) is 0 Å². The van der Waals surface area contributed by atoms with Crippen molar-refractivity contribution < 1.29 is 0 Å². The molecule has 7 aromatic rings. The van der Waals surface area contributed by atoms with Crippen LogP contribution in [0.5, 0.6) is 0 Å². The van der Waals surface area contributed by atoms with E-state index in [9.17, 15) is 0 Å². The number of anilines is 6. The fraction of sp³-hybridized carbons (Fsp3) is 0.268. The van der Waals surface area contributed by atoms with E-state index in [0.717, 1.165) is 5.69 Å². The lowest BCUT2D eigenvalue weighted by atomic mass is 9.82. The second-order valence-corrected chi connectivity index (χ2v) is 17.5. The molecule has 0 aliphatic heterocycles. The van der Waals surface area contributed by atoms with Crippen LogP contribution >= 0.6 is 0 Å². The van der Waals surface area contributed by atoms with Crippen molar-refractivity contribution in [2.24, 2.45) is 0 Å². The minimum atomic E-state index is 0.284. The molecule has 0 spiro atoms. The molecule has 0 aliphatic carbocycles. The number of nitrogens with one attached hydrogen (secondary N) is 1. The molecule has 3 heteroatoms. The molecule has 3 nitrogen and oxygen atoms in total. The molecule has 0 aromatic heterocycles. The van der Waals surface area contributed by atoms with E-state index in [2.05, 4.69) is 226 Å². The molecule has 0 heterocycles. The summed E-state index contributed by atoms with van der Waals surface area (Å²) in [6.45, 7) is 29.0. The van der Waals surface area contributed by atoms with E-state index in [1.807, 2.05) is 0 Å². The third-order valence-corrected chi connectivity index (χ3v) is 11.8. The smallest absolute Gasteiger partial charge is 0.0638 e. The van der Waals surface area contributed by atoms with Gasteiger partial charge in [-0.3, -0.25) is 0 Å². The maximum absolute atomic E-state index is 3.85. The van der Waals surface area contributed by atoms with Gasteiger partial charge in [-0.15, -0.1) is 0 Å². The van der Waals surface area contributed by atoms with E-state index in [4.69, 9.17) is 0 Å². The fourth-order valence-corrected chi connectivity index (χ4v) is 9.67. The minimum Gasteiger partial charge on any atom is -0.354 e. The van der Waals surface area contributed by atoms with Crippen LogP contribution in [0.3, 0.4) is 0 Å². The Bertz CT molecular complexity index is 2450. The molecule has 0 fully saturated rings. The topological polar surface area (TPSA) is 18.5 Å². The van der Waals surface area contributed by atoms with Crippen molar-refractivity contribution in [1.82, 2.24) is 0 Å². The van der Waals surface area contributed by atoms with Crippen molar-refractivity contribution in [2.75, 3.05) is 15.1 Å². The SMILES string of the molecule is Cc1cc(C)c(Nc2ccc([C+](c3ccc(N(c4c(C)cc(C)cc4C)C(C)C)cc3)c3ccc(N(c4c(C)cc(C)cc4C)C(C)C)cc3)c3ccccc23)c(C)c1. The molecule has 0 amide bonds. The molecule has 0 saturated heterocycles. The lowest BCUT2D eigenvalue weighted by Crippen LogP contribution is -2.27. The highest BCUT2D eigenvalue weighted by Gasteiger charge is 2.28. The second kappa shape index (κ2) is 16.7. The molecule has 59 heavy (non-hydrogen) atoms. The molecule has 0 radical (unpaired) electrons. The zero-order valence-corrected chi connectivity index (χ0v) is 37.6. The van der Waals surface area contributed by atoms with Gasteiger partial charge in [-0.05, 0) is 196 Å². The highest BCUT2D eigenvalue weighted by molar-refractivity contribution is 6.00. The summed E-state index contributed by atoms with van der Waals surface area (Å²) >= 11 is 0. The Morgan fingerprint density at radius 2 is 0.797 bits per heavy atom. The highest BCUT2D eigenvalue weighted by Crippen LogP contribution is 2.42. The summed E-state index contributed by atoms with van der Waals surface area (Å²) in [7, 11) is 0. The summed E-state index contributed by atoms with van der Waals surface area (Å²) in [5, 5.41) is 6.27. The van der Waals surface area contributed by atoms with Gasteiger partial charge in [-0.25, -0.2) is 0 Å². The molecule has 0 bridgehead atoms. The van der Waals surface area contributed by atoms with Gasteiger partial charge in [-0.2, -0.15) is 0 Å². The Labute approximate surface area is 354 Å². The molecule has 0 saturated carbocycles. The zero-order valence-electron chi connectivity index (χ0n) is 37.6. The van der Waals surface area contributed by atoms with Crippen LogP contribution in [0.15, 0.2) is 121 Å². The monoisotopic (exact) mass is 776 g/mol. The van der Waals surface area contributed by atoms with Crippen molar-refractivity contribution >= 4 is 44.9 Å². The third kappa shape index (κ3) is 8.21. The summed E-state index contributed by atoms with van der Waals surface area (Å²) in [5.74, 6) is 1.21. The van der Waals surface area contributed by atoms with Crippen molar-refractivity contribution in [3.8, 4) is 0 Å². The minimum absolute atomic E-state index is 0.284. The molecule has 7 aromatic carbocycles. The first-order chi connectivity index (χ1) is 28.1. The molecule has 0 atom stereocenters. The van der Waals surface area contributed by atoms with Crippen LogP contribution in [0.4, 0.5) is 34.1 Å². The van der Waals surface area contributed by atoms with Gasteiger partial charge in [-0.1, -0.05) is 65.2 Å². The Kier molecular flexibility index (Phi) is 11.7. The lowest BCUT2D eigenvalue weighted by Gasteiger charge is -2.32. The number of nitrogens with zero attached hydrogens (tertiary/aromatic N) is 2. The van der Waals surface area contributed by atoms with Gasteiger partial charge in [0, 0.05) is 39.9 Å². The number of rotatable bonds is 11. The molecular weight excluding hydrogens is 715 g/mol. The van der Waals surface area contributed by atoms with Crippen LogP contribution in [0.2, 0.25) is 0 Å². The molecule has 1 N–H and O–H groups in total. The Morgan fingerprint density at radius 1 is 0.424 bits per heavy atom. The lowest BCUT2D eigenvalue weighted by molar-refractivity contribution is 0.783. The van der Waals surface area contributed by atoms with Crippen LogP contribution in [-0.4, -0.2) is 12.1 Å². The molecule has 300 valence electrons. The van der Waals surface area contributed by atoms with E-state index in [0.29, 0.717) is 0 Å². The standard InChI is InChI=1S/C56H62N3/c1-34(2)58(55-41(10)30-37(6)31-42(55)11)47-22-18-45(19-23-47)53(46-20-24-48(25-21-46)59(35(3)4)56-43(12)32-38(7)33-44(56)13)51-26-27-52(50-17-15-14-16-49(50)51)57-54-39(8)28-36(5)29-40(54)9/h14-35,57H,1-13H3/q+1. The van der Waals surface area contributed by atoms with E-state index < -0.39 is 0 Å². The summed E-state index contributed by atoms with van der Waals surface area (Å²) in [6.07, 6.45) is 0. The number of hydrogen-bond acceptors (Lipinski definition) is 3. The van der Waals surface area contributed by atoms with Crippen molar-refractivity contribution in [1.29, 1.82) is 0 Å². The Morgan fingerprint density at radius 3 is 1.19 bits per heavy atom. The quantitative estimate of drug-likeness (QED) is 0.104. The van der Waals surface area contributed by atoms with Gasteiger partial charge in [0.05, 0.1) is 39.7 Å². The first kappa shape index (κ1) is 41.2. The maximum atomic E-state index is 3.85.